The van der Waals surface area contributed by atoms with Crippen molar-refractivity contribution in [2.24, 2.45) is 0 Å². The SMILES string of the molecule is COc1ccc(N(CC(=O)NCc2ccccc2C)C(C)=O)cc1OC. The Morgan fingerprint density at radius 3 is 2.35 bits per heavy atom. The van der Waals surface area contributed by atoms with Gasteiger partial charge in [0, 0.05) is 25.2 Å². The number of carbonyl (C=O) groups is 2. The number of carbonyl (C=O) groups excluding carboxylic acids is 2. The van der Waals surface area contributed by atoms with Crippen molar-refractivity contribution in [3.05, 3.63) is 53.6 Å². The summed E-state index contributed by atoms with van der Waals surface area (Å²) in [6.07, 6.45) is 0. The van der Waals surface area contributed by atoms with Gasteiger partial charge in [0.25, 0.3) is 0 Å². The lowest BCUT2D eigenvalue weighted by Gasteiger charge is -2.22. The lowest BCUT2D eigenvalue weighted by Crippen LogP contribution is -2.39. The number of methoxy groups -OCH3 is 2. The van der Waals surface area contributed by atoms with E-state index >= 15 is 0 Å². The van der Waals surface area contributed by atoms with Crippen LogP contribution in [0.3, 0.4) is 0 Å². The average Bonchev–Trinajstić information content (AvgIpc) is 2.64. The zero-order valence-electron chi connectivity index (χ0n) is 15.5. The third-order valence-corrected chi connectivity index (χ3v) is 4.10. The molecule has 0 bridgehead atoms. The summed E-state index contributed by atoms with van der Waals surface area (Å²) in [5, 5.41) is 2.86. The Hall–Kier alpha value is -3.02. The molecule has 2 aromatic carbocycles. The number of amides is 2. The molecule has 0 heterocycles. The third-order valence-electron chi connectivity index (χ3n) is 4.10. The van der Waals surface area contributed by atoms with Gasteiger partial charge in [0.05, 0.1) is 14.2 Å². The van der Waals surface area contributed by atoms with E-state index in [9.17, 15) is 9.59 Å². The first-order valence-electron chi connectivity index (χ1n) is 8.27. The van der Waals surface area contributed by atoms with E-state index in [0.717, 1.165) is 11.1 Å². The first-order chi connectivity index (χ1) is 12.5. The monoisotopic (exact) mass is 356 g/mol. The van der Waals surface area contributed by atoms with Crippen LogP contribution in [0.25, 0.3) is 0 Å². The van der Waals surface area contributed by atoms with E-state index in [1.54, 1.807) is 25.3 Å². The predicted octanol–water partition coefficient (Wildman–Crippen LogP) is 2.68. The van der Waals surface area contributed by atoms with Crippen LogP contribution in [0.4, 0.5) is 5.69 Å². The minimum absolute atomic E-state index is 0.0727. The van der Waals surface area contributed by atoms with Crippen molar-refractivity contribution in [1.29, 1.82) is 0 Å². The van der Waals surface area contributed by atoms with Gasteiger partial charge >= 0.3 is 0 Å². The maximum Gasteiger partial charge on any atom is 0.240 e. The minimum atomic E-state index is -0.238. The van der Waals surface area contributed by atoms with Gasteiger partial charge in [-0.2, -0.15) is 0 Å². The molecule has 2 aromatic rings. The van der Waals surface area contributed by atoms with E-state index in [0.29, 0.717) is 23.7 Å². The van der Waals surface area contributed by atoms with Crippen LogP contribution in [0, 0.1) is 6.92 Å². The molecule has 0 fully saturated rings. The van der Waals surface area contributed by atoms with Crippen LogP contribution in [0.1, 0.15) is 18.1 Å². The minimum Gasteiger partial charge on any atom is -0.493 e. The van der Waals surface area contributed by atoms with E-state index in [-0.39, 0.29) is 18.4 Å². The van der Waals surface area contributed by atoms with E-state index in [2.05, 4.69) is 5.32 Å². The summed E-state index contributed by atoms with van der Waals surface area (Å²) >= 11 is 0. The van der Waals surface area contributed by atoms with E-state index in [1.807, 2.05) is 31.2 Å². The van der Waals surface area contributed by atoms with Crippen LogP contribution in [0.15, 0.2) is 42.5 Å². The largest absolute Gasteiger partial charge is 0.493 e. The smallest absolute Gasteiger partial charge is 0.240 e. The maximum absolute atomic E-state index is 12.3. The summed E-state index contributed by atoms with van der Waals surface area (Å²) in [4.78, 5) is 25.8. The van der Waals surface area contributed by atoms with Crippen molar-refractivity contribution >= 4 is 17.5 Å². The molecule has 26 heavy (non-hydrogen) atoms. The molecule has 0 saturated heterocycles. The predicted molar refractivity (Wildman–Crippen MR) is 101 cm³/mol. The van der Waals surface area contributed by atoms with Crippen LogP contribution in [0.5, 0.6) is 11.5 Å². The standard InChI is InChI=1S/C20H24N2O4/c1-14-7-5-6-8-16(14)12-21-20(24)13-22(15(2)23)17-9-10-18(25-3)19(11-17)26-4/h5-11H,12-13H2,1-4H3,(H,21,24). The van der Waals surface area contributed by atoms with Crippen LogP contribution in [-0.2, 0) is 16.1 Å². The summed E-state index contributed by atoms with van der Waals surface area (Å²) in [5.41, 5.74) is 2.72. The van der Waals surface area contributed by atoms with Crippen LogP contribution >= 0.6 is 0 Å². The third kappa shape index (κ3) is 4.75. The van der Waals surface area contributed by atoms with Gasteiger partial charge in [0.2, 0.25) is 11.8 Å². The van der Waals surface area contributed by atoms with Crippen LogP contribution in [-0.4, -0.2) is 32.6 Å². The van der Waals surface area contributed by atoms with E-state index < -0.39 is 0 Å². The molecule has 0 aliphatic heterocycles. The van der Waals surface area contributed by atoms with Gasteiger partial charge in [-0.15, -0.1) is 0 Å². The van der Waals surface area contributed by atoms with Gasteiger partial charge in [-0.25, -0.2) is 0 Å². The molecular weight excluding hydrogens is 332 g/mol. The normalized spacial score (nSPS) is 10.2. The van der Waals surface area contributed by atoms with Crippen molar-refractivity contribution in [3.63, 3.8) is 0 Å². The number of nitrogens with zero attached hydrogens (tertiary/aromatic N) is 1. The summed E-state index contributed by atoms with van der Waals surface area (Å²) in [6, 6.07) is 12.9. The number of hydrogen-bond donors (Lipinski definition) is 1. The zero-order chi connectivity index (χ0) is 19.1. The molecular formula is C20H24N2O4. The molecule has 0 spiro atoms. The van der Waals surface area contributed by atoms with Crippen molar-refractivity contribution in [3.8, 4) is 11.5 Å². The fourth-order valence-corrected chi connectivity index (χ4v) is 2.58. The van der Waals surface area contributed by atoms with Gasteiger partial charge < -0.3 is 19.7 Å². The van der Waals surface area contributed by atoms with Crippen molar-refractivity contribution in [2.45, 2.75) is 20.4 Å². The fourth-order valence-electron chi connectivity index (χ4n) is 2.58. The Bertz CT molecular complexity index is 789. The second-order valence-electron chi connectivity index (χ2n) is 5.85. The number of anilines is 1. The highest BCUT2D eigenvalue weighted by atomic mass is 16.5. The first kappa shape index (κ1) is 19.3. The average molecular weight is 356 g/mol. The molecule has 0 atom stereocenters. The molecule has 2 amide bonds. The molecule has 6 nitrogen and oxygen atoms in total. The van der Waals surface area contributed by atoms with Crippen molar-refractivity contribution < 1.29 is 19.1 Å². The second-order valence-corrected chi connectivity index (χ2v) is 5.85. The lowest BCUT2D eigenvalue weighted by atomic mass is 10.1. The van der Waals surface area contributed by atoms with Gasteiger partial charge in [0.15, 0.2) is 11.5 Å². The van der Waals surface area contributed by atoms with Crippen molar-refractivity contribution in [2.75, 3.05) is 25.7 Å². The quantitative estimate of drug-likeness (QED) is 0.828. The van der Waals surface area contributed by atoms with Crippen LogP contribution in [0.2, 0.25) is 0 Å². The fraction of sp³-hybridized carbons (Fsp3) is 0.300. The number of ether oxygens (including phenoxy) is 2. The van der Waals surface area contributed by atoms with Gasteiger partial charge in [-0.1, -0.05) is 24.3 Å². The Balaban J connectivity index is 2.09. The molecule has 0 radical (unpaired) electrons. The Morgan fingerprint density at radius 2 is 1.73 bits per heavy atom. The van der Waals surface area contributed by atoms with E-state index in [1.165, 1.54) is 18.9 Å². The molecule has 2 rings (SSSR count). The van der Waals surface area contributed by atoms with Crippen LogP contribution < -0.4 is 19.7 Å². The second kappa shape index (κ2) is 8.89. The molecule has 1 N–H and O–H groups in total. The molecule has 0 aliphatic rings. The zero-order valence-corrected chi connectivity index (χ0v) is 15.5. The lowest BCUT2D eigenvalue weighted by molar-refractivity contribution is -0.123. The highest BCUT2D eigenvalue weighted by Gasteiger charge is 2.18. The summed E-state index contributed by atoms with van der Waals surface area (Å²) in [7, 11) is 3.06. The Labute approximate surface area is 153 Å². The highest BCUT2D eigenvalue weighted by molar-refractivity contribution is 5.97. The molecule has 6 heteroatoms. The highest BCUT2D eigenvalue weighted by Crippen LogP contribution is 2.31. The Kier molecular flexibility index (Phi) is 6.60. The molecule has 0 aliphatic carbocycles. The number of hydrogen-bond acceptors (Lipinski definition) is 4. The number of aryl methyl sites for hydroxylation is 1. The van der Waals surface area contributed by atoms with E-state index in [4.69, 9.17) is 9.47 Å². The molecule has 138 valence electrons. The number of nitrogens with one attached hydrogen (secondary N) is 1. The van der Waals surface area contributed by atoms with Gasteiger partial charge in [-0.05, 0) is 30.2 Å². The molecule has 0 unspecified atom stereocenters. The maximum atomic E-state index is 12.3. The Morgan fingerprint density at radius 1 is 1.04 bits per heavy atom. The molecule has 0 aromatic heterocycles. The van der Waals surface area contributed by atoms with Crippen molar-refractivity contribution in [1.82, 2.24) is 5.32 Å². The summed E-state index contributed by atoms with van der Waals surface area (Å²) in [6.45, 7) is 3.76. The summed E-state index contributed by atoms with van der Waals surface area (Å²) < 4.78 is 10.5. The first-order valence-corrected chi connectivity index (χ1v) is 8.27. The number of rotatable bonds is 7. The number of benzene rings is 2. The molecule has 0 saturated carbocycles. The van der Waals surface area contributed by atoms with Gasteiger partial charge in [-0.3, -0.25) is 9.59 Å². The summed E-state index contributed by atoms with van der Waals surface area (Å²) in [5.74, 6) is 0.585. The van der Waals surface area contributed by atoms with Gasteiger partial charge in [0.1, 0.15) is 6.54 Å². The topological polar surface area (TPSA) is 67.9 Å².